The number of carbonyl (C=O) groups excluding carboxylic acids is 1. The molecule has 1 aromatic rings. The summed E-state index contributed by atoms with van der Waals surface area (Å²) in [5.41, 5.74) is -0.579. The summed E-state index contributed by atoms with van der Waals surface area (Å²) in [6.07, 6.45) is -4.42. The summed E-state index contributed by atoms with van der Waals surface area (Å²) >= 11 is 0. The summed E-state index contributed by atoms with van der Waals surface area (Å²) in [7, 11) is -6.45. The highest BCUT2D eigenvalue weighted by molar-refractivity contribution is 7.97. The Bertz CT molecular complexity index is 508. The van der Waals surface area contributed by atoms with Gasteiger partial charge in [0.1, 0.15) is 11.5 Å². The molecule has 25 heavy (non-hydrogen) atoms. The van der Waals surface area contributed by atoms with Crippen LogP contribution < -0.4 is 0 Å². The molecule has 3 nitrogen and oxygen atoms in total. The van der Waals surface area contributed by atoms with Crippen LogP contribution in [0.2, 0.25) is 0 Å². The van der Waals surface area contributed by atoms with E-state index in [4.69, 9.17) is 10.2 Å². The van der Waals surface area contributed by atoms with Gasteiger partial charge in [-0.25, -0.2) is 0 Å². The third-order valence-electron chi connectivity index (χ3n) is 2.63. The molecule has 1 aromatic carbocycles. The zero-order valence-corrected chi connectivity index (χ0v) is 13.6. The number of hydrogen-bond acceptors (Lipinski definition) is 3. The number of benzene rings is 1. The zero-order chi connectivity index (χ0) is 19.7. The molecule has 144 valence electrons. The van der Waals surface area contributed by atoms with Crippen LogP contribution in [0, 0.1) is 0 Å². The summed E-state index contributed by atoms with van der Waals surface area (Å²) in [6, 6.07) is 4.07. The summed E-state index contributed by atoms with van der Waals surface area (Å²) in [5.74, 6) is 0.677. The highest BCUT2D eigenvalue weighted by Crippen LogP contribution is 2.29. The van der Waals surface area contributed by atoms with E-state index in [0.717, 1.165) is 24.3 Å². The molecule has 0 aliphatic carbocycles. The average Bonchev–Trinajstić information content (AvgIpc) is 2.45. The molecule has 0 atom stereocenters. The van der Waals surface area contributed by atoms with Gasteiger partial charge in [0.2, 0.25) is 5.78 Å². The number of rotatable bonds is 7. The quantitative estimate of drug-likeness (QED) is 0.323. The number of halogens is 7. The van der Waals surface area contributed by atoms with Crippen LogP contribution in [0.15, 0.2) is 24.3 Å². The van der Waals surface area contributed by atoms with E-state index in [1.807, 2.05) is 0 Å². The topological polar surface area (TPSA) is 57.5 Å². The molecule has 0 unspecified atom stereocenters. The van der Waals surface area contributed by atoms with Crippen molar-refractivity contribution in [2.45, 2.75) is 6.18 Å². The predicted octanol–water partition coefficient (Wildman–Crippen LogP) is 2.79. The summed E-state index contributed by atoms with van der Waals surface area (Å²) < 4.78 is 76.2. The molecule has 2 N–H and O–H groups in total. The molecule has 0 aromatic heterocycles. The van der Waals surface area contributed by atoms with Crippen molar-refractivity contribution in [1.82, 2.24) is 0 Å². The van der Waals surface area contributed by atoms with Crippen LogP contribution >= 0.6 is 0 Å². The van der Waals surface area contributed by atoms with E-state index >= 15 is 0 Å². The van der Waals surface area contributed by atoms with Gasteiger partial charge in [-0.1, -0.05) is 12.1 Å². The zero-order valence-electron chi connectivity index (χ0n) is 12.8. The molecule has 12 heteroatoms. The van der Waals surface area contributed by atoms with Crippen molar-refractivity contribution in [2.24, 2.45) is 0 Å². The van der Waals surface area contributed by atoms with Gasteiger partial charge in [-0.05, 0) is 12.1 Å². The van der Waals surface area contributed by atoms with Gasteiger partial charge in [-0.15, -0.1) is 0 Å². The first-order valence-electron chi connectivity index (χ1n) is 6.82. The third-order valence-corrected chi connectivity index (χ3v) is 4.82. The first kappa shape index (κ1) is 23.7. The Hall–Kier alpha value is -1.27. The Balaban J connectivity index is 0.00000101. The summed E-state index contributed by atoms with van der Waals surface area (Å²) in [4.78, 5) is 11.9. The fourth-order valence-corrected chi connectivity index (χ4v) is 3.17. The molecule has 0 aliphatic rings. The Morgan fingerprint density at radius 1 is 0.960 bits per heavy atom. The molecule has 1 rings (SSSR count). The van der Waals surface area contributed by atoms with E-state index < -0.39 is 29.9 Å². The third kappa shape index (κ3) is 11.8. The van der Waals surface area contributed by atoms with Gasteiger partial charge < -0.3 is 27.5 Å². The maximum absolute atomic E-state index is 12.4. The summed E-state index contributed by atoms with van der Waals surface area (Å²) in [6.45, 7) is -0.160. The van der Waals surface area contributed by atoms with Crippen molar-refractivity contribution in [3.05, 3.63) is 35.4 Å². The van der Waals surface area contributed by atoms with Gasteiger partial charge in [-0.3, -0.25) is 4.79 Å². The maximum Gasteiger partial charge on any atom is 0.673 e. The van der Waals surface area contributed by atoms with E-state index in [-0.39, 0.29) is 30.3 Å². The Morgan fingerprint density at radius 2 is 1.36 bits per heavy atom. The van der Waals surface area contributed by atoms with Crippen LogP contribution in [0.1, 0.15) is 15.9 Å². The summed E-state index contributed by atoms with van der Waals surface area (Å²) in [5, 5.41) is 17.7. The van der Waals surface area contributed by atoms with Gasteiger partial charge in [0, 0.05) is 16.5 Å². The van der Waals surface area contributed by atoms with Crippen molar-refractivity contribution in [2.75, 3.05) is 30.5 Å². The normalized spacial score (nSPS) is 11.9. The van der Waals surface area contributed by atoms with Crippen LogP contribution in [0.3, 0.4) is 0 Å². The second-order valence-corrected chi connectivity index (χ2v) is 6.94. The van der Waals surface area contributed by atoms with Crippen molar-refractivity contribution < 1.29 is 45.4 Å². The van der Waals surface area contributed by atoms with Crippen molar-refractivity contribution >= 4 is 23.9 Å². The molecule has 0 saturated heterocycles. The van der Waals surface area contributed by atoms with Crippen LogP contribution in [0.25, 0.3) is 0 Å². The Morgan fingerprint density at radius 3 is 1.68 bits per heavy atom. The second-order valence-electron chi connectivity index (χ2n) is 4.61. The largest absolute Gasteiger partial charge is 0.673 e. The Labute approximate surface area is 142 Å². The molecular weight excluding hydrogens is 380 g/mol. The lowest BCUT2D eigenvalue weighted by molar-refractivity contribution is -0.137. The van der Waals surface area contributed by atoms with Crippen LogP contribution in [0.5, 0.6) is 0 Å². The predicted molar refractivity (Wildman–Crippen MR) is 82.1 cm³/mol. The minimum Gasteiger partial charge on any atom is -0.418 e. The fourth-order valence-electron chi connectivity index (χ4n) is 1.62. The monoisotopic (exact) mass is 396 g/mol. The number of aliphatic hydroxyl groups excluding tert-OH is 2. The van der Waals surface area contributed by atoms with Gasteiger partial charge in [0.15, 0.2) is 5.75 Å². The van der Waals surface area contributed by atoms with Crippen molar-refractivity contribution in [3.8, 4) is 0 Å². The van der Waals surface area contributed by atoms with E-state index in [0.29, 0.717) is 11.5 Å². The first-order chi connectivity index (χ1) is 11.4. The molecular formula is C13H16BF7O3S. The smallest absolute Gasteiger partial charge is 0.418 e. The number of aliphatic hydroxyl groups is 2. The molecule has 0 aliphatic heterocycles. The van der Waals surface area contributed by atoms with Crippen LogP contribution in [-0.4, -0.2) is 53.7 Å². The van der Waals surface area contributed by atoms with Gasteiger partial charge >= 0.3 is 13.4 Å². The van der Waals surface area contributed by atoms with Crippen LogP contribution in [-0.2, 0) is 17.1 Å². The molecule has 0 saturated carbocycles. The highest BCUT2D eigenvalue weighted by Gasteiger charge is 2.30. The highest BCUT2D eigenvalue weighted by atomic mass is 32.2. The van der Waals surface area contributed by atoms with E-state index in [2.05, 4.69) is 0 Å². The SMILES string of the molecule is F[B-](F)(F)F.O=C(C[S+](CCO)CCO)c1ccc(C(F)(F)F)cc1. The lowest BCUT2D eigenvalue weighted by Crippen LogP contribution is -2.25. The van der Waals surface area contributed by atoms with E-state index in [1.165, 1.54) is 0 Å². The second kappa shape index (κ2) is 10.7. The number of Topliss-reactive ketones (excluding diaryl/α,β-unsaturated/α-hetero) is 1. The Kier molecular flexibility index (Phi) is 10.1. The number of ketones is 1. The molecule has 0 amide bonds. The van der Waals surface area contributed by atoms with Gasteiger partial charge in [0.25, 0.3) is 0 Å². The van der Waals surface area contributed by atoms with Gasteiger partial charge in [-0.2, -0.15) is 13.2 Å². The van der Waals surface area contributed by atoms with Crippen molar-refractivity contribution in [1.29, 1.82) is 0 Å². The molecule has 0 radical (unpaired) electrons. The lowest BCUT2D eigenvalue weighted by atomic mass is 10.1. The number of alkyl halides is 3. The minimum atomic E-state index is -6.00. The molecule has 0 fully saturated rings. The first-order valence-corrected chi connectivity index (χ1v) is 8.55. The minimum absolute atomic E-state index is 0.0800. The fraction of sp³-hybridized carbons (Fsp3) is 0.462. The van der Waals surface area contributed by atoms with Gasteiger partial charge in [0.05, 0.1) is 18.8 Å². The standard InChI is InChI=1S/C13H16F3O3S.BF4/c14-13(15,16)11-3-1-10(2-4-11)12(19)9-20(7-5-17)8-6-18;2-1(3,4)5/h1-4,17-18H,5-9H2;/q+1;-1. The average molecular weight is 396 g/mol. The van der Waals surface area contributed by atoms with E-state index in [9.17, 15) is 35.2 Å². The number of carbonyl (C=O) groups is 1. The van der Waals surface area contributed by atoms with E-state index in [1.54, 1.807) is 0 Å². The molecule has 0 bridgehead atoms. The van der Waals surface area contributed by atoms with Crippen molar-refractivity contribution in [3.63, 3.8) is 0 Å². The lowest BCUT2D eigenvalue weighted by Gasteiger charge is -2.08. The maximum atomic E-state index is 12.4. The van der Waals surface area contributed by atoms with Crippen LogP contribution in [0.4, 0.5) is 30.4 Å². The number of hydrogen-bond donors (Lipinski definition) is 2. The molecule has 0 heterocycles. The molecule has 0 spiro atoms.